The van der Waals surface area contributed by atoms with Crippen molar-refractivity contribution in [2.24, 2.45) is 0 Å². The van der Waals surface area contributed by atoms with E-state index in [9.17, 15) is 10.1 Å². The van der Waals surface area contributed by atoms with Crippen molar-refractivity contribution in [1.82, 2.24) is 14.5 Å². The number of methoxy groups -OCH3 is 1. The summed E-state index contributed by atoms with van der Waals surface area (Å²) in [6, 6.07) is 28.0. The fourth-order valence-electron chi connectivity index (χ4n) is 4.41. The SMILES string of the molecule is COc1cccc2c(CCc3ccccc3)nc(-n3c(/C=C(/C#N)C(C)=O)cc4ccccc43)nc12. The first-order valence-electron chi connectivity index (χ1n) is 11.7. The van der Waals surface area contributed by atoms with Gasteiger partial charge in [-0.05, 0) is 49.6 Å². The molecule has 0 aliphatic heterocycles. The zero-order valence-electron chi connectivity index (χ0n) is 20.1. The molecule has 2 aromatic heterocycles. The summed E-state index contributed by atoms with van der Waals surface area (Å²) in [7, 11) is 1.63. The van der Waals surface area contributed by atoms with Crippen molar-refractivity contribution in [1.29, 1.82) is 5.26 Å². The molecule has 5 aromatic rings. The van der Waals surface area contributed by atoms with Crippen LogP contribution in [0.15, 0.2) is 84.4 Å². The van der Waals surface area contributed by atoms with Gasteiger partial charge in [0.2, 0.25) is 5.95 Å². The highest BCUT2D eigenvalue weighted by molar-refractivity contribution is 6.02. The van der Waals surface area contributed by atoms with Crippen LogP contribution in [0.3, 0.4) is 0 Å². The standard InChI is InChI=1S/C30H24N4O2/c1-20(35)23(19-31)18-24-17-22-11-6-7-13-27(22)34(24)30-32-26(16-15-21-9-4-3-5-10-21)25-12-8-14-28(36-2)29(25)33-30/h3-14,17-18H,15-16H2,1-2H3/b23-18-. The highest BCUT2D eigenvalue weighted by Crippen LogP contribution is 2.30. The van der Waals surface area contributed by atoms with Crippen molar-refractivity contribution in [3.05, 3.63) is 101 Å². The molecule has 5 rings (SSSR count). The average molecular weight is 473 g/mol. The number of carbonyl (C=O) groups is 1. The summed E-state index contributed by atoms with van der Waals surface area (Å²) < 4.78 is 7.55. The van der Waals surface area contributed by atoms with E-state index in [1.165, 1.54) is 12.5 Å². The normalized spacial score (nSPS) is 11.5. The molecule has 0 atom stereocenters. The molecule has 0 aliphatic carbocycles. The number of rotatable bonds is 7. The number of Topliss-reactive ketones (excluding diaryl/α,β-unsaturated/α-hetero) is 1. The van der Waals surface area contributed by atoms with Crippen molar-refractivity contribution >= 4 is 33.7 Å². The van der Waals surface area contributed by atoms with Crippen molar-refractivity contribution in [3.63, 3.8) is 0 Å². The predicted molar refractivity (Wildman–Crippen MR) is 141 cm³/mol. The maximum atomic E-state index is 12.0. The van der Waals surface area contributed by atoms with Gasteiger partial charge < -0.3 is 4.74 Å². The molecule has 0 aliphatic rings. The number of hydrogen-bond acceptors (Lipinski definition) is 5. The number of ketones is 1. The van der Waals surface area contributed by atoms with Crippen LogP contribution >= 0.6 is 0 Å². The number of nitrogens with zero attached hydrogens (tertiary/aromatic N) is 4. The second kappa shape index (κ2) is 9.85. The van der Waals surface area contributed by atoms with Gasteiger partial charge in [0.1, 0.15) is 17.3 Å². The van der Waals surface area contributed by atoms with Crippen LogP contribution in [0.25, 0.3) is 33.8 Å². The maximum Gasteiger partial charge on any atom is 0.235 e. The van der Waals surface area contributed by atoms with Gasteiger partial charge in [0.15, 0.2) is 5.78 Å². The van der Waals surface area contributed by atoms with Gasteiger partial charge in [-0.15, -0.1) is 0 Å². The molecule has 3 aromatic carbocycles. The van der Waals surface area contributed by atoms with Gasteiger partial charge in [0, 0.05) is 10.8 Å². The first-order chi connectivity index (χ1) is 17.6. The van der Waals surface area contributed by atoms with Crippen LogP contribution in [0.4, 0.5) is 0 Å². The second-order valence-electron chi connectivity index (χ2n) is 8.50. The van der Waals surface area contributed by atoms with Crippen LogP contribution in [0.1, 0.15) is 23.9 Å². The Kier molecular flexibility index (Phi) is 6.29. The molecule has 0 bridgehead atoms. The summed E-state index contributed by atoms with van der Waals surface area (Å²) in [5.74, 6) is 0.828. The van der Waals surface area contributed by atoms with Gasteiger partial charge in [-0.3, -0.25) is 9.36 Å². The summed E-state index contributed by atoms with van der Waals surface area (Å²) in [6.45, 7) is 1.39. The number of aromatic nitrogens is 3. The highest BCUT2D eigenvalue weighted by Gasteiger charge is 2.17. The highest BCUT2D eigenvalue weighted by atomic mass is 16.5. The maximum absolute atomic E-state index is 12.0. The molecule has 0 fully saturated rings. The van der Waals surface area contributed by atoms with E-state index >= 15 is 0 Å². The summed E-state index contributed by atoms with van der Waals surface area (Å²) in [5, 5.41) is 11.4. The number of nitriles is 1. The Morgan fingerprint density at radius 1 is 1.00 bits per heavy atom. The summed E-state index contributed by atoms with van der Waals surface area (Å²) in [4.78, 5) is 22.0. The van der Waals surface area contributed by atoms with Crippen LogP contribution in [0.2, 0.25) is 0 Å². The third-order valence-corrected chi connectivity index (χ3v) is 6.20. The quantitative estimate of drug-likeness (QED) is 0.219. The third kappa shape index (κ3) is 4.35. The first-order valence-corrected chi connectivity index (χ1v) is 11.7. The number of aryl methyl sites for hydroxylation is 2. The summed E-state index contributed by atoms with van der Waals surface area (Å²) >= 11 is 0. The monoisotopic (exact) mass is 472 g/mol. The van der Waals surface area contributed by atoms with E-state index in [1.807, 2.05) is 77.4 Å². The number of benzene rings is 3. The number of allylic oxidation sites excluding steroid dienone is 1. The molecule has 0 radical (unpaired) electrons. The van der Waals surface area contributed by atoms with Gasteiger partial charge in [0.25, 0.3) is 0 Å². The van der Waals surface area contributed by atoms with E-state index < -0.39 is 0 Å². The molecule has 6 heteroatoms. The Morgan fingerprint density at radius 2 is 1.78 bits per heavy atom. The van der Waals surface area contributed by atoms with Crippen molar-refractivity contribution in [3.8, 4) is 17.8 Å². The minimum atomic E-state index is -0.293. The molecule has 6 nitrogen and oxygen atoms in total. The van der Waals surface area contributed by atoms with E-state index in [1.54, 1.807) is 13.2 Å². The van der Waals surface area contributed by atoms with Gasteiger partial charge in [-0.2, -0.15) is 5.26 Å². The molecule has 0 unspecified atom stereocenters. The Hall–Kier alpha value is -4.76. The number of ether oxygens (including phenoxy) is 1. The molecule has 36 heavy (non-hydrogen) atoms. The van der Waals surface area contributed by atoms with Crippen LogP contribution < -0.4 is 4.74 Å². The van der Waals surface area contributed by atoms with Crippen LogP contribution in [0, 0.1) is 11.3 Å². The second-order valence-corrected chi connectivity index (χ2v) is 8.50. The van der Waals surface area contributed by atoms with E-state index in [-0.39, 0.29) is 11.4 Å². The summed E-state index contributed by atoms with van der Waals surface area (Å²) in [5.41, 5.74) is 4.45. The van der Waals surface area contributed by atoms with Gasteiger partial charge >= 0.3 is 0 Å². The Balaban J connectivity index is 1.75. The fraction of sp³-hybridized carbons (Fsp3) is 0.133. The molecular formula is C30H24N4O2. The molecule has 0 spiro atoms. The molecular weight excluding hydrogens is 448 g/mol. The average Bonchev–Trinajstić information content (AvgIpc) is 3.28. The van der Waals surface area contributed by atoms with E-state index in [4.69, 9.17) is 14.7 Å². The number of carbonyl (C=O) groups excluding carboxylic acids is 1. The minimum Gasteiger partial charge on any atom is -0.494 e. The zero-order valence-corrected chi connectivity index (χ0v) is 20.1. The van der Waals surface area contributed by atoms with Crippen molar-refractivity contribution in [2.75, 3.05) is 7.11 Å². The largest absolute Gasteiger partial charge is 0.494 e. The van der Waals surface area contributed by atoms with Gasteiger partial charge in [-0.1, -0.05) is 60.7 Å². The summed E-state index contributed by atoms with van der Waals surface area (Å²) in [6.07, 6.45) is 3.14. The molecule has 0 amide bonds. The number of para-hydroxylation sites is 2. The van der Waals surface area contributed by atoms with Crippen molar-refractivity contribution in [2.45, 2.75) is 19.8 Å². The van der Waals surface area contributed by atoms with E-state index in [0.29, 0.717) is 29.3 Å². The lowest BCUT2D eigenvalue weighted by Gasteiger charge is -2.14. The first kappa shape index (κ1) is 23.0. The topological polar surface area (TPSA) is 80.8 Å². The lowest BCUT2D eigenvalue weighted by atomic mass is 10.0. The molecule has 0 N–H and O–H groups in total. The van der Waals surface area contributed by atoms with E-state index in [0.717, 1.165) is 28.4 Å². The molecule has 176 valence electrons. The van der Waals surface area contributed by atoms with E-state index in [2.05, 4.69) is 12.1 Å². The smallest absolute Gasteiger partial charge is 0.235 e. The number of hydrogen-bond donors (Lipinski definition) is 0. The molecule has 0 saturated carbocycles. The van der Waals surface area contributed by atoms with Crippen molar-refractivity contribution < 1.29 is 9.53 Å². The molecule has 0 saturated heterocycles. The van der Waals surface area contributed by atoms with Gasteiger partial charge in [-0.25, -0.2) is 9.97 Å². The predicted octanol–water partition coefficient (Wildman–Crippen LogP) is 5.86. The zero-order chi connectivity index (χ0) is 25.1. The van der Waals surface area contributed by atoms with Crippen LogP contribution in [-0.4, -0.2) is 27.4 Å². The third-order valence-electron chi connectivity index (χ3n) is 6.20. The number of fused-ring (bicyclic) bond motifs is 2. The lowest BCUT2D eigenvalue weighted by Crippen LogP contribution is -2.08. The molecule has 2 heterocycles. The van der Waals surface area contributed by atoms with Gasteiger partial charge in [0.05, 0.1) is 29.6 Å². The fourth-order valence-corrected chi connectivity index (χ4v) is 4.41. The lowest BCUT2D eigenvalue weighted by molar-refractivity contribution is -0.113. The Bertz CT molecular complexity index is 1660. The minimum absolute atomic E-state index is 0.0710. The van der Waals surface area contributed by atoms with Crippen LogP contribution in [-0.2, 0) is 17.6 Å². The Morgan fingerprint density at radius 3 is 2.53 bits per heavy atom. The van der Waals surface area contributed by atoms with Crippen LogP contribution in [0.5, 0.6) is 5.75 Å². The Labute approximate surface area is 209 Å².